The zero-order valence-corrected chi connectivity index (χ0v) is 23.0. The summed E-state index contributed by atoms with van der Waals surface area (Å²) in [6.45, 7) is 12.6. The number of ether oxygens (including phenoxy) is 1. The predicted molar refractivity (Wildman–Crippen MR) is 155 cm³/mol. The lowest BCUT2D eigenvalue weighted by molar-refractivity contribution is 0.134. The SMILES string of the molecule is CCCN(CCC)c1cc(OCCN2CCN(C)CC2)cc(Nc2ccc3[nH]c4c(c3c2)CCCC4)n1. The number of anilines is 3. The second-order valence-corrected chi connectivity index (χ2v) is 10.7. The number of pyridine rings is 1. The molecular formula is C30H44N6O. The molecule has 1 aromatic carbocycles. The van der Waals surface area contributed by atoms with E-state index in [1.54, 1.807) is 0 Å². The largest absolute Gasteiger partial charge is 0.492 e. The topological polar surface area (TPSA) is 59.7 Å². The molecule has 0 atom stereocenters. The highest BCUT2D eigenvalue weighted by Gasteiger charge is 2.17. The van der Waals surface area contributed by atoms with Crippen LogP contribution in [0.1, 0.15) is 50.8 Å². The summed E-state index contributed by atoms with van der Waals surface area (Å²) >= 11 is 0. The second-order valence-electron chi connectivity index (χ2n) is 10.7. The number of aromatic amines is 1. The van der Waals surface area contributed by atoms with E-state index < -0.39 is 0 Å². The van der Waals surface area contributed by atoms with Crippen LogP contribution in [0.3, 0.4) is 0 Å². The summed E-state index contributed by atoms with van der Waals surface area (Å²) in [7, 11) is 2.20. The number of hydrogen-bond acceptors (Lipinski definition) is 6. The number of rotatable bonds is 11. The molecule has 0 bridgehead atoms. The normalized spacial score (nSPS) is 16.6. The maximum absolute atomic E-state index is 6.33. The molecule has 1 aliphatic heterocycles. The van der Waals surface area contributed by atoms with Gasteiger partial charge in [0.25, 0.3) is 0 Å². The van der Waals surface area contributed by atoms with Crippen molar-refractivity contribution in [3.8, 4) is 5.75 Å². The minimum Gasteiger partial charge on any atom is -0.492 e. The van der Waals surface area contributed by atoms with Crippen LogP contribution in [0.2, 0.25) is 0 Å². The van der Waals surface area contributed by atoms with Crippen LogP contribution in [-0.4, -0.2) is 79.2 Å². The van der Waals surface area contributed by atoms with Gasteiger partial charge < -0.3 is 24.8 Å². The predicted octanol–water partition coefficient (Wildman–Crippen LogP) is 5.44. The molecule has 200 valence electrons. The fourth-order valence-corrected chi connectivity index (χ4v) is 5.68. The van der Waals surface area contributed by atoms with Gasteiger partial charge >= 0.3 is 0 Å². The minimum absolute atomic E-state index is 0.690. The van der Waals surface area contributed by atoms with Gasteiger partial charge in [0.15, 0.2) is 0 Å². The van der Waals surface area contributed by atoms with Crippen LogP contribution in [0.25, 0.3) is 10.9 Å². The van der Waals surface area contributed by atoms with Gasteiger partial charge in [0, 0.05) is 80.2 Å². The third-order valence-electron chi connectivity index (χ3n) is 7.74. The lowest BCUT2D eigenvalue weighted by atomic mass is 9.95. The average Bonchev–Trinajstić information content (AvgIpc) is 3.28. The van der Waals surface area contributed by atoms with Crippen LogP contribution >= 0.6 is 0 Å². The number of nitrogens with zero attached hydrogens (tertiary/aromatic N) is 4. The molecule has 5 rings (SSSR count). The van der Waals surface area contributed by atoms with E-state index in [-0.39, 0.29) is 0 Å². The van der Waals surface area contributed by atoms with E-state index in [4.69, 9.17) is 9.72 Å². The first kappa shape index (κ1) is 25.9. The third-order valence-corrected chi connectivity index (χ3v) is 7.74. The number of piperazine rings is 1. The van der Waals surface area contributed by atoms with E-state index in [9.17, 15) is 0 Å². The second kappa shape index (κ2) is 12.2. The van der Waals surface area contributed by atoms with Gasteiger partial charge in [-0.05, 0) is 69.3 Å². The molecule has 2 N–H and O–H groups in total. The molecule has 1 fully saturated rings. The van der Waals surface area contributed by atoms with Crippen molar-refractivity contribution in [1.29, 1.82) is 0 Å². The molecule has 1 saturated heterocycles. The molecular weight excluding hydrogens is 460 g/mol. The smallest absolute Gasteiger partial charge is 0.136 e. The summed E-state index contributed by atoms with van der Waals surface area (Å²) < 4.78 is 6.33. The zero-order chi connectivity index (χ0) is 25.6. The highest BCUT2D eigenvalue weighted by Crippen LogP contribution is 2.32. The van der Waals surface area contributed by atoms with Crippen molar-refractivity contribution in [2.24, 2.45) is 0 Å². The van der Waals surface area contributed by atoms with Crippen LogP contribution in [-0.2, 0) is 12.8 Å². The fourth-order valence-electron chi connectivity index (χ4n) is 5.68. The maximum atomic E-state index is 6.33. The third kappa shape index (κ3) is 6.39. The van der Waals surface area contributed by atoms with Gasteiger partial charge in [-0.25, -0.2) is 4.98 Å². The first-order valence-electron chi connectivity index (χ1n) is 14.3. The van der Waals surface area contributed by atoms with Crippen LogP contribution < -0.4 is 15.0 Å². The molecule has 2 aliphatic rings. The Hall–Kier alpha value is -2.77. The summed E-state index contributed by atoms with van der Waals surface area (Å²) in [6, 6.07) is 10.8. The molecule has 0 unspecified atom stereocenters. The van der Waals surface area contributed by atoms with Gasteiger partial charge in [-0.2, -0.15) is 0 Å². The highest BCUT2D eigenvalue weighted by molar-refractivity contribution is 5.88. The van der Waals surface area contributed by atoms with Crippen molar-refractivity contribution in [2.75, 3.05) is 69.7 Å². The molecule has 37 heavy (non-hydrogen) atoms. The van der Waals surface area contributed by atoms with Crippen molar-refractivity contribution in [1.82, 2.24) is 19.8 Å². The Bertz CT molecular complexity index is 1160. The average molecular weight is 505 g/mol. The standard InChI is InChI=1S/C30H44N6O/c1-4-12-36(13-5-2)30-22-24(37-19-18-35-16-14-34(3)15-17-35)21-29(33-30)31-23-10-11-28-26(20-23)25-8-6-7-9-27(25)32-28/h10-11,20-22,32H,4-9,12-19H2,1-3H3,(H,31,33). The molecule has 0 saturated carbocycles. The summed E-state index contributed by atoms with van der Waals surface area (Å²) in [5.74, 6) is 2.72. The molecule has 2 aromatic heterocycles. The molecule has 7 heteroatoms. The molecule has 3 aromatic rings. The van der Waals surface area contributed by atoms with Gasteiger partial charge in [-0.15, -0.1) is 0 Å². The Morgan fingerprint density at radius 1 is 1.00 bits per heavy atom. The fraction of sp³-hybridized carbons (Fsp3) is 0.567. The van der Waals surface area contributed by atoms with E-state index in [1.165, 1.54) is 41.4 Å². The highest BCUT2D eigenvalue weighted by atomic mass is 16.5. The van der Waals surface area contributed by atoms with Crippen LogP contribution in [0.4, 0.5) is 17.3 Å². The number of aryl methyl sites for hydroxylation is 2. The van der Waals surface area contributed by atoms with Crippen molar-refractivity contribution in [3.05, 3.63) is 41.6 Å². The quantitative estimate of drug-likeness (QED) is 0.363. The van der Waals surface area contributed by atoms with Crippen LogP contribution in [0, 0.1) is 0 Å². The minimum atomic E-state index is 0.690. The summed E-state index contributed by atoms with van der Waals surface area (Å²) in [5.41, 5.74) is 5.23. The monoisotopic (exact) mass is 504 g/mol. The van der Waals surface area contributed by atoms with Gasteiger partial charge in [-0.1, -0.05) is 13.8 Å². The first-order chi connectivity index (χ1) is 18.1. The van der Waals surface area contributed by atoms with Gasteiger partial charge in [0.2, 0.25) is 0 Å². The first-order valence-corrected chi connectivity index (χ1v) is 14.3. The zero-order valence-electron chi connectivity index (χ0n) is 23.0. The number of likely N-dealkylation sites (N-methyl/N-ethyl adjacent to an activating group) is 1. The number of nitrogens with one attached hydrogen (secondary N) is 2. The maximum Gasteiger partial charge on any atom is 0.136 e. The lowest BCUT2D eigenvalue weighted by Crippen LogP contribution is -2.45. The Labute approximate surface area is 222 Å². The molecule has 0 radical (unpaired) electrons. The molecule has 7 nitrogen and oxygen atoms in total. The van der Waals surface area contributed by atoms with Crippen molar-refractivity contribution < 1.29 is 4.74 Å². The van der Waals surface area contributed by atoms with Crippen LogP contribution in [0.15, 0.2) is 30.3 Å². The van der Waals surface area contributed by atoms with E-state index in [0.717, 1.165) is 88.1 Å². The van der Waals surface area contributed by atoms with Crippen LogP contribution in [0.5, 0.6) is 5.75 Å². The van der Waals surface area contributed by atoms with Crippen molar-refractivity contribution in [3.63, 3.8) is 0 Å². The van der Waals surface area contributed by atoms with E-state index in [1.807, 2.05) is 0 Å². The summed E-state index contributed by atoms with van der Waals surface area (Å²) in [5, 5.41) is 4.96. The molecule has 3 heterocycles. The van der Waals surface area contributed by atoms with Gasteiger partial charge in [0.05, 0.1) is 0 Å². The molecule has 0 amide bonds. The van der Waals surface area contributed by atoms with Crippen molar-refractivity contribution >= 4 is 28.2 Å². The van der Waals surface area contributed by atoms with E-state index in [0.29, 0.717) is 6.61 Å². The number of benzene rings is 1. The Morgan fingerprint density at radius 3 is 2.57 bits per heavy atom. The van der Waals surface area contributed by atoms with Gasteiger partial charge in [0.1, 0.15) is 24.0 Å². The van der Waals surface area contributed by atoms with E-state index in [2.05, 4.69) is 76.2 Å². The summed E-state index contributed by atoms with van der Waals surface area (Å²) in [4.78, 5) is 15.9. The van der Waals surface area contributed by atoms with E-state index >= 15 is 0 Å². The number of fused-ring (bicyclic) bond motifs is 3. The Morgan fingerprint density at radius 2 is 1.78 bits per heavy atom. The number of hydrogen-bond donors (Lipinski definition) is 2. The van der Waals surface area contributed by atoms with Gasteiger partial charge in [-0.3, -0.25) is 4.90 Å². The lowest BCUT2D eigenvalue weighted by Gasteiger charge is -2.32. The number of aromatic nitrogens is 2. The molecule has 1 aliphatic carbocycles. The number of H-pyrrole nitrogens is 1. The summed E-state index contributed by atoms with van der Waals surface area (Å²) in [6.07, 6.45) is 7.07. The Balaban J connectivity index is 1.35. The molecule has 0 spiro atoms. The van der Waals surface area contributed by atoms with Crippen molar-refractivity contribution in [2.45, 2.75) is 52.4 Å². The Kier molecular flexibility index (Phi) is 8.52.